The molecule has 2 aromatic rings. The number of carbonyl (C=O) groups is 2. The van der Waals surface area contributed by atoms with Crippen LogP contribution in [0.2, 0.25) is 0 Å². The summed E-state index contributed by atoms with van der Waals surface area (Å²) in [6.07, 6.45) is 9.06. The van der Waals surface area contributed by atoms with Crippen molar-refractivity contribution in [1.29, 1.82) is 0 Å². The number of rotatable bonds is 7. The molecule has 3 aliphatic carbocycles. The van der Waals surface area contributed by atoms with Crippen LogP contribution in [0.25, 0.3) is 0 Å². The van der Waals surface area contributed by atoms with Crippen LogP contribution in [0.15, 0.2) is 17.1 Å². The Balaban J connectivity index is 1.38. The second-order valence-electron chi connectivity index (χ2n) is 8.82. The van der Waals surface area contributed by atoms with Gasteiger partial charge in [-0.2, -0.15) is 0 Å². The number of H-pyrrole nitrogens is 1. The summed E-state index contributed by atoms with van der Waals surface area (Å²) in [6.45, 7) is 0.706. The van der Waals surface area contributed by atoms with E-state index in [2.05, 4.69) is 20.6 Å². The Labute approximate surface area is 178 Å². The number of hydrogen-bond donors (Lipinski definition) is 3. The third-order valence-electron chi connectivity index (χ3n) is 6.23. The molecule has 3 aliphatic rings. The molecule has 0 aliphatic heterocycles. The van der Waals surface area contributed by atoms with E-state index in [0.29, 0.717) is 41.2 Å². The van der Waals surface area contributed by atoms with E-state index in [1.54, 1.807) is 11.3 Å². The van der Waals surface area contributed by atoms with E-state index >= 15 is 0 Å². The lowest BCUT2D eigenvalue weighted by molar-refractivity contribution is -0.117. The van der Waals surface area contributed by atoms with Crippen molar-refractivity contribution in [3.05, 3.63) is 44.4 Å². The molecule has 0 radical (unpaired) electrons. The Morgan fingerprint density at radius 2 is 2.00 bits per heavy atom. The standard InChI is InChI=1S/C22H26N4O3S/c27-18-7-8-23-17(25-18)10-13-3-6-16-15(9-13)19(21(29)24-11-12-1-2-12)22(30-16)26-20(28)14-4-5-14/h7-8,12-14H,1-6,9-11H2,(H,24,29)(H,26,28)(H,23,25,27). The van der Waals surface area contributed by atoms with Gasteiger partial charge in [0.2, 0.25) is 5.91 Å². The number of aromatic nitrogens is 2. The van der Waals surface area contributed by atoms with E-state index in [-0.39, 0.29) is 23.3 Å². The molecule has 2 saturated carbocycles. The molecule has 2 heterocycles. The largest absolute Gasteiger partial charge is 0.352 e. The number of aromatic amines is 1. The first-order valence-corrected chi connectivity index (χ1v) is 11.7. The molecule has 8 heteroatoms. The highest BCUT2D eigenvalue weighted by Crippen LogP contribution is 2.41. The maximum absolute atomic E-state index is 13.1. The van der Waals surface area contributed by atoms with Gasteiger partial charge in [0.25, 0.3) is 11.5 Å². The van der Waals surface area contributed by atoms with Crippen LogP contribution in [-0.2, 0) is 24.1 Å². The molecule has 0 bridgehead atoms. The molecule has 2 fully saturated rings. The van der Waals surface area contributed by atoms with E-state index < -0.39 is 0 Å². The second-order valence-corrected chi connectivity index (χ2v) is 9.92. The van der Waals surface area contributed by atoms with Gasteiger partial charge in [0, 0.05) is 36.0 Å². The highest BCUT2D eigenvalue weighted by Gasteiger charge is 2.34. The molecule has 2 amide bonds. The van der Waals surface area contributed by atoms with Crippen molar-refractivity contribution in [2.24, 2.45) is 17.8 Å². The Hall–Kier alpha value is -2.48. The maximum atomic E-state index is 13.1. The normalized spacial score (nSPS) is 20.5. The SMILES string of the molecule is O=C(NCC1CC1)c1c(NC(=O)C2CC2)sc2c1CC(Cc1nccc(=O)[nH]1)CC2. The van der Waals surface area contributed by atoms with Gasteiger partial charge in [-0.3, -0.25) is 14.4 Å². The summed E-state index contributed by atoms with van der Waals surface area (Å²) < 4.78 is 0. The highest BCUT2D eigenvalue weighted by atomic mass is 32.1. The smallest absolute Gasteiger partial charge is 0.254 e. The van der Waals surface area contributed by atoms with Crippen molar-refractivity contribution in [3.8, 4) is 0 Å². The minimum atomic E-state index is -0.141. The average molecular weight is 427 g/mol. The average Bonchev–Trinajstić information content (AvgIpc) is 3.63. The van der Waals surface area contributed by atoms with Crippen LogP contribution in [0.4, 0.5) is 5.00 Å². The number of fused-ring (bicyclic) bond motifs is 1. The highest BCUT2D eigenvalue weighted by molar-refractivity contribution is 7.17. The van der Waals surface area contributed by atoms with Gasteiger partial charge in [-0.1, -0.05) is 0 Å². The molecule has 1 atom stereocenters. The van der Waals surface area contributed by atoms with E-state index in [1.165, 1.54) is 30.0 Å². The maximum Gasteiger partial charge on any atom is 0.254 e. The minimum absolute atomic E-state index is 0.0347. The number of aryl methyl sites for hydroxylation is 1. The van der Waals surface area contributed by atoms with Gasteiger partial charge in [0.15, 0.2) is 0 Å². The second kappa shape index (κ2) is 7.98. The van der Waals surface area contributed by atoms with Crippen LogP contribution in [0, 0.1) is 17.8 Å². The van der Waals surface area contributed by atoms with Crippen LogP contribution >= 0.6 is 11.3 Å². The van der Waals surface area contributed by atoms with Crippen molar-refractivity contribution in [2.45, 2.75) is 51.4 Å². The summed E-state index contributed by atoms with van der Waals surface area (Å²) in [7, 11) is 0. The Morgan fingerprint density at radius 1 is 1.17 bits per heavy atom. The molecule has 1 unspecified atom stereocenters. The predicted octanol–water partition coefficient (Wildman–Crippen LogP) is 2.67. The third kappa shape index (κ3) is 4.33. The van der Waals surface area contributed by atoms with E-state index in [1.807, 2.05) is 0 Å². The summed E-state index contributed by atoms with van der Waals surface area (Å²) in [4.78, 5) is 45.4. The molecule has 0 aromatic carbocycles. The lowest BCUT2D eigenvalue weighted by Crippen LogP contribution is -2.28. The Bertz CT molecular complexity index is 1040. The van der Waals surface area contributed by atoms with E-state index in [4.69, 9.17) is 0 Å². The van der Waals surface area contributed by atoms with Gasteiger partial charge in [-0.25, -0.2) is 4.98 Å². The minimum Gasteiger partial charge on any atom is -0.352 e. The fourth-order valence-electron chi connectivity index (χ4n) is 4.15. The van der Waals surface area contributed by atoms with Crippen LogP contribution in [-0.4, -0.2) is 28.3 Å². The number of anilines is 1. The van der Waals surface area contributed by atoms with E-state index in [9.17, 15) is 14.4 Å². The van der Waals surface area contributed by atoms with Gasteiger partial charge >= 0.3 is 0 Å². The number of nitrogens with one attached hydrogen (secondary N) is 3. The summed E-state index contributed by atoms with van der Waals surface area (Å²) in [6, 6.07) is 1.42. The fourth-order valence-corrected chi connectivity index (χ4v) is 5.40. The van der Waals surface area contributed by atoms with Crippen molar-refractivity contribution in [3.63, 3.8) is 0 Å². The molecule has 7 nitrogen and oxygen atoms in total. The number of amides is 2. The quantitative estimate of drug-likeness (QED) is 0.633. The summed E-state index contributed by atoms with van der Waals surface area (Å²) >= 11 is 1.56. The van der Waals surface area contributed by atoms with Crippen LogP contribution in [0.1, 0.15) is 58.7 Å². The zero-order valence-corrected chi connectivity index (χ0v) is 17.6. The molecule has 5 rings (SSSR count). The first-order chi connectivity index (χ1) is 14.6. The Kier molecular flexibility index (Phi) is 5.18. The van der Waals surface area contributed by atoms with Crippen molar-refractivity contribution in [2.75, 3.05) is 11.9 Å². The van der Waals surface area contributed by atoms with Crippen molar-refractivity contribution in [1.82, 2.24) is 15.3 Å². The number of thiophene rings is 1. The molecule has 2 aromatic heterocycles. The summed E-state index contributed by atoms with van der Waals surface area (Å²) in [5.74, 6) is 1.65. The monoisotopic (exact) mass is 426 g/mol. The summed E-state index contributed by atoms with van der Waals surface area (Å²) in [5, 5.41) is 6.83. The van der Waals surface area contributed by atoms with Gasteiger partial charge in [-0.15, -0.1) is 11.3 Å². The number of hydrogen-bond acceptors (Lipinski definition) is 5. The molecule has 0 spiro atoms. The van der Waals surface area contributed by atoms with Gasteiger partial charge in [0.05, 0.1) is 5.56 Å². The third-order valence-corrected chi connectivity index (χ3v) is 7.44. The Morgan fingerprint density at radius 3 is 2.73 bits per heavy atom. The van der Waals surface area contributed by atoms with Gasteiger partial charge in [-0.05, 0) is 62.3 Å². The predicted molar refractivity (Wildman–Crippen MR) is 115 cm³/mol. The molecule has 3 N–H and O–H groups in total. The van der Waals surface area contributed by atoms with Crippen LogP contribution < -0.4 is 16.2 Å². The first kappa shape index (κ1) is 19.5. The molecule has 0 saturated heterocycles. The topological polar surface area (TPSA) is 104 Å². The van der Waals surface area contributed by atoms with Gasteiger partial charge in [0.1, 0.15) is 10.8 Å². The molecular formula is C22H26N4O3S. The lowest BCUT2D eigenvalue weighted by atomic mass is 9.84. The lowest BCUT2D eigenvalue weighted by Gasteiger charge is -2.22. The van der Waals surface area contributed by atoms with Crippen LogP contribution in [0.5, 0.6) is 0 Å². The van der Waals surface area contributed by atoms with Crippen LogP contribution in [0.3, 0.4) is 0 Å². The molecule has 158 valence electrons. The van der Waals surface area contributed by atoms with Crippen molar-refractivity contribution < 1.29 is 9.59 Å². The number of carbonyl (C=O) groups excluding carboxylic acids is 2. The number of nitrogens with zero attached hydrogens (tertiary/aromatic N) is 1. The summed E-state index contributed by atoms with van der Waals surface area (Å²) in [5.41, 5.74) is 1.58. The molecule has 30 heavy (non-hydrogen) atoms. The zero-order valence-electron chi connectivity index (χ0n) is 16.8. The fraction of sp³-hybridized carbons (Fsp3) is 0.545. The van der Waals surface area contributed by atoms with E-state index in [0.717, 1.165) is 37.7 Å². The van der Waals surface area contributed by atoms with Gasteiger partial charge < -0.3 is 15.6 Å². The molecular weight excluding hydrogens is 400 g/mol. The van der Waals surface area contributed by atoms with Crippen molar-refractivity contribution >= 4 is 28.2 Å². The first-order valence-electron chi connectivity index (χ1n) is 10.8. The zero-order chi connectivity index (χ0) is 20.7.